The Morgan fingerprint density at radius 1 is 0.271 bits per heavy atom. The number of hydrogen-bond acceptors (Lipinski definition) is 0. The van der Waals surface area contributed by atoms with E-state index in [1.807, 2.05) is 0 Å². The highest BCUT2D eigenvalue weighted by atomic mass is 14.3. The summed E-state index contributed by atoms with van der Waals surface area (Å²) < 4.78 is 0. The van der Waals surface area contributed by atoms with Crippen LogP contribution in [0.3, 0.4) is 0 Å². The zero-order valence-electron chi connectivity index (χ0n) is 36.2. The Morgan fingerprint density at radius 3 is 0.771 bits per heavy atom. The third-order valence-corrected chi connectivity index (χ3v) is 15.6. The van der Waals surface area contributed by atoms with Crippen LogP contribution in [0, 0.1) is 126 Å². The predicted octanol–water partition coefficient (Wildman–Crippen LogP) is 15.3. The van der Waals surface area contributed by atoms with Gasteiger partial charge >= 0.3 is 0 Å². The highest BCUT2D eigenvalue weighted by Crippen LogP contribution is 2.40. The van der Waals surface area contributed by atoms with Crippen molar-refractivity contribution in [3.63, 3.8) is 0 Å². The van der Waals surface area contributed by atoms with Gasteiger partial charge < -0.3 is 0 Å². The number of hydrogen-bond donors (Lipinski definition) is 0. The van der Waals surface area contributed by atoms with E-state index in [-0.39, 0.29) is 0 Å². The average Bonchev–Trinajstić information content (AvgIpc) is 3.03. The van der Waals surface area contributed by atoms with Crippen LogP contribution in [-0.2, 0) is 0 Å². The molecular formula is C48H84. The molecule has 3 aliphatic carbocycles. The van der Waals surface area contributed by atoms with Crippen LogP contribution in [0.2, 0.25) is 0 Å². The maximum atomic E-state index is 2.41. The minimum absolute atomic E-state index is 0.948. The summed E-state index contributed by atoms with van der Waals surface area (Å²) in [6.07, 6.45) is 8.70. The molecule has 10 unspecified atom stereocenters. The van der Waals surface area contributed by atoms with Gasteiger partial charge in [0.15, 0.2) is 0 Å². The van der Waals surface area contributed by atoms with Gasteiger partial charge in [-0.3, -0.25) is 0 Å². The monoisotopic (exact) mass is 661 g/mol. The number of rotatable bonds is 0. The van der Waals surface area contributed by atoms with E-state index < -0.39 is 0 Å². The van der Waals surface area contributed by atoms with Crippen molar-refractivity contribution < 1.29 is 0 Å². The first-order valence-corrected chi connectivity index (χ1v) is 20.6. The first-order valence-electron chi connectivity index (χ1n) is 20.6. The van der Waals surface area contributed by atoms with E-state index in [1.165, 1.54) is 93.8 Å². The van der Waals surface area contributed by atoms with Gasteiger partial charge in [0, 0.05) is 0 Å². The van der Waals surface area contributed by atoms with Crippen molar-refractivity contribution in [3.05, 3.63) is 44.5 Å². The molecule has 0 aromatic heterocycles. The summed E-state index contributed by atoms with van der Waals surface area (Å²) in [6, 6.07) is 0. The van der Waals surface area contributed by atoms with Crippen LogP contribution in [0.5, 0.6) is 0 Å². The maximum Gasteiger partial charge on any atom is -0.0114 e. The number of fused-ring (bicyclic) bond motifs is 1. The normalized spacial score (nSPS) is 35.0. The molecule has 0 bridgehead atoms. The smallest absolute Gasteiger partial charge is 0.0114 e. The lowest BCUT2D eigenvalue weighted by Crippen LogP contribution is -2.27. The minimum Gasteiger partial charge on any atom is -0.0625 e. The van der Waals surface area contributed by atoms with Crippen LogP contribution in [-0.4, -0.2) is 0 Å². The Balaban J connectivity index is 0.000000232. The van der Waals surface area contributed by atoms with Gasteiger partial charge in [0.25, 0.3) is 0 Å². The fraction of sp³-hybridized carbons (Fsp3) is 0.792. The number of benzene rings is 2. The van der Waals surface area contributed by atoms with Gasteiger partial charge in [-0.05, 0) is 207 Å². The standard InChI is InChI=1S/C18H24.3C10H20/c1-9-10(2)14(6)18-16(8)12(4)11(3)15(7)17(18)13(9)5;1-7-5-9(3)10(4)6-8(7)2;1-7-5-8(2)10(4)9(3)6-7;1-7-5-6-8(2)10(4)9(7)3/h1-8H3;3*7-10H,5-6H2,1-4H3. The fourth-order valence-electron chi connectivity index (χ4n) is 9.73. The summed E-state index contributed by atoms with van der Waals surface area (Å²) in [5.74, 6) is 11.5. The topological polar surface area (TPSA) is 0 Å². The Kier molecular flexibility index (Phi) is 16.3. The summed E-state index contributed by atoms with van der Waals surface area (Å²) in [4.78, 5) is 0. The van der Waals surface area contributed by atoms with Crippen LogP contribution < -0.4 is 0 Å². The van der Waals surface area contributed by atoms with E-state index in [0.717, 1.165) is 71.0 Å². The minimum atomic E-state index is 0.948. The van der Waals surface area contributed by atoms with Crippen molar-refractivity contribution in [2.24, 2.45) is 71.0 Å². The lowest BCUT2D eigenvalue weighted by Gasteiger charge is -2.36. The van der Waals surface area contributed by atoms with Crippen molar-refractivity contribution >= 4 is 10.8 Å². The lowest BCUT2D eigenvalue weighted by molar-refractivity contribution is 0.137. The predicted molar refractivity (Wildman–Crippen MR) is 220 cm³/mol. The number of aryl methyl sites for hydroxylation is 4. The second-order valence-corrected chi connectivity index (χ2v) is 18.8. The van der Waals surface area contributed by atoms with Crippen molar-refractivity contribution in [1.29, 1.82) is 0 Å². The summed E-state index contributed by atoms with van der Waals surface area (Å²) in [5, 5.41) is 2.97. The van der Waals surface area contributed by atoms with Crippen LogP contribution >= 0.6 is 0 Å². The van der Waals surface area contributed by atoms with Crippen LogP contribution in [0.25, 0.3) is 10.8 Å². The summed E-state index contributed by atoms with van der Waals surface area (Å²) in [6.45, 7) is 46.9. The van der Waals surface area contributed by atoms with Crippen LogP contribution in [0.1, 0.15) is 166 Å². The van der Waals surface area contributed by atoms with Gasteiger partial charge in [-0.15, -0.1) is 0 Å². The van der Waals surface area contributed by atoms with Crippen molar-refractivity contribution in [3.8, 4) is 0 Å². The maximum absolute atomic E-state index is 2.41. The van der Waals surface area contributed by atoms with Gasteiger partial charge in [0.2, 0.25) is 0 Å². The molecular weight excluding hydrogens is 577 g/mol. The Morgan fingerprint density at radius 2 is 0.521 bits per heavy atom. The molecule has 3 saturated carbocycles. The second kappa shape index (κ2) is 18.3. The van der Waals surface area contributed by atoms with Crippen molar-refractivity contribution in [1.82, 2.24) is 0 Å². The summed E-state index contributed by atoms with van der Waals surface area (Å²) in [7, 11) is 0. The highest BCUT2D eigenvalue weighted by Gasteiger charge is 2.29. The molecule has 0 saturated heterocycles. The van der Waals surface area contributed by atoms with Gasteiger partial charge in [-0.2, -0.15) is 0 Å². The van der Waals surface area contributed by atoms with Crippen LogP contribution in [0.4, 0.5) is 0 Å². The largest absolute Gasteiger partial charge is 0.0625 e. The van der Waals surface area contributed by atoms with Gasteiger partial charge in [0.1, 0.15) is 0 Å². The van der Waals surface area contributed by atoms with Crippen molar-refractivity contribution in [2.45, 2.75) is 177 Å². The molecule has 0 heteroatoms. The molecule has 276 valence electrons. The molecule has 0 amide bonds. The molecule has 2 aromatic rings. The molecule has 0 heterocycles. The molecule has 3 aliphatic rings. The third kappa shape index (κ3) is 10.2. The van der Waals surface area contributed by atoms with E-state index >= 15 is 0 Å². The van der Waals surface area contributed by atoms with Crippen molar-refractivity contribution in [2.75, 3.05) is 0 Å². The van der Waals surface area contributed by atoms with Crippen LogP contribution in [0.15, 0.2) is 0 Å². The molecule has 0 aliphatic heterocycles. The molecule has 10 atom stereocenters. The van der Waals surface area contributed by atoms with E-state index in [9.17, 15) is 0 Å². The second-order valence-electron chi connectivity index (χ2n) is 18.8. The van der Waals surface area contributed by atoms with Gasteiger partial charge in [-0.25, -0.2) is 0 Å². The molecule has 3 fully saturated rings. The van der Waals surface area contributed by atoms with E-state index in [2.05, 4.69) is 138 Å². The Hall–Kier alpha value is -1.30. The molecule has 2 aromatic carbocycles. The van der Waals surface area contributed by atoms with E-state index in [4.69, 9.17) is 0 Å². The SMILES string of the molecule is CC1CC(C)C(C)C(C)C1.CC1CC(C)C(C)CC1C.CC1CCC(C)C(C)C1C.Cc1c(C)c(C)c2c(C)c(C)c(C)c(C)c2c1C. The lowest BCUT2D eigenvalue weighted by atomic mass is 9.69. The average molecular weight is 661 g/mol. The molecule has 5 rings (SSSR count). The Labute approximate surface area is 302 Å². The molecule has 48 heavy (non-hydrogen) atoms. The highest BCUT2D eigenvalue weighted by molar-refractivity contribution is 5.97. The summed E-state index contributed by atoms with van der Waals surface area (Å²) in [5.41, 5.74) is 11.6. The van der Waals surface area contributed by atoms with Gasteiger partial charge in [0.05, 0.1) is 0 Å². The van der Waals surface area contributed by atoms with Gasteiger partial charge in [-0.1, -0.05) is 95.9 Å². The molecule has 0 N–H and O–H groups in total. The summed E-state index contributed by atoms with van der Waals surface area (Å²) >= 11 is 0. The fourth-order valence-corrected chi connectivity index (χ4v) is 9.73. The third-order valence-electron chi connectivity index (χ3n) is 15.6. The van der Waals surface area contributed by atoms with E-state index in [0.29, 0.717) is 0 Å². The zero-order valence-corrected chi connectivity index (χ0v) is 36.2. The molecule has 0 spiro atoms. The quantitative estimate of drug-likeness (QED) is 0.264. The molecule has 0 radical (unpaired) electrons. The first-order chi connectivity index (χ1) is 22.1. The molecule has 0 nitrogen and oxygen atoms in total. The van der Waals surface area contributed by atoms with E-state index in [1.54, 1.807) is 0 Å². The zero-order chi connectivity index (χ0) is 36.9. The Bertz CT molecular complexity index is 1140. The first kappa shape index (κ1) is 42.9.